The van der Waals surface area contributed by atoms with Crippen LogP contribution in [0, 0.1) is 6.92 Å². The van der Waals surface area contributed by atoms with Gasteiger partial charge in [-0.1, -0.05) is 0 Å². The standard InChI is InChI=1S/C14H16N2O3S/c1-4-19-14(17)12-13(20-8-15-12)16-11-6-5-10(18-3)7-9(11)2/h5-8,16H,4H2,1-3H3. The van der Waals surface area contributed by atoms with Gasteiger partial charge in [0, 0.05) is 5.69 Å². The first-order chi connectivity index (χ1) is 9.65. The molecule has 1 aromatic carbocycles. The van der Waals surface area contributed by atoms with Crippen molar-refractivity contribution in [1.82, 2.24) is 4.98 Å². The van der Waals surface area contributed by atoms with Crippen LogP contribution in [-0.2, 0) is 4.74 Å². The van der Waals surface area contributed by atoms with E-state index in [-0.39, 0.29) is 0 Å². The third-order valence-corrected chi connectivity index (χ3v) is 3.46. The minimum Gasteiger partial charge on any atom is -0.497 e. The third-order valence-electron chi connectivity index (χ3n) is 2.72. The molecule has 0 bridgehead atoms. The minimum atomic E-state index is -0.414. The van der Waals surface area contributed by atoms with Crippen molar-refractivity contribution in [1.29, 1.82) is 0 Å². The normalized spacial score (nSPS) is 10.2. The van der Waals surface area contributed by atoms with Crippen molar-refractivity contribution in [2.24, 2.45) is 0 Å². The van der Waals surface area contributed by atoms with Crippen LogP contribution in [0.3, 0.4) is 0 Å². The maximum Gasteiger partial charge on any atom is 0.360 e. The molecule has 0 unspecified atom stereocenters. The summed E-state index contributed by atoms with van der Waals surface area (Å²) in [5.41, 5.74) is 3.85. The molecule has 0 saturated heterocycles. The highest BCUT2D eigenvalue weighted by molar-refractivity contribution is 7.14. The molecule has 0 amide bonds. The number of nitrogens with one attached hydrogen (secondary N) is 1. The van der Waals surface area contributed by atoms with Crippen LogP contribution in [0.15, 0.2) is 23.7 Å². The molecule has 1 aromatic heterocycles. The summed E-state index contributed by atoms with van der Waals surface area (Å²) < 4.78 is 10.1. The number of anilines is 2. The Morgan fingerprint density at radius 3 is 2.90 bits per heavy atom. The highest BCUT2D eigenvalue weighted by Crippen LogP contribution is 2.29. The summed E-state index contributed by atoms with van der Waals surface area (Å²) in [6.07, 6.45) is 0. The van der Waals surface area contributed by atoms with Crippen molar-refractivity contribution in [2.75, 3.05) is 19.0 Å². The van der Waals surface area contributed by atoms with E-state index in [1.54, 1.807) is 19.5 Å². The molecule has 0 radical (unpaired) electrons. The van der Waals surface area contributed by atoms with Gasteiger partial charge in [0.05, 0.1) is 19.2 Å². The highest BCUT2D eigenvalue weighted by atomic mass is 32.1. The lowest BCUT2D eigenvalue weighted by Crippen LogP contribution is -2.07. The quantitative estimate of drug-likeness (QED) is 0.856. The zero-order valence-electron chi connectivity index (χ0n) is 11.6. The van der Waals surface area contributed by atoms with E-state index >= 15 is 0 Å². The number of benzene rings is 1. The molecule has 2 aromatic rings. The third kappa shape index (κ3) is 3.08. The zero-order chi connectivity index (χ0) is 14.5. The van der Waals surface area contributed by atoms with E-state index in [0.29, 0.717) is 17.3 Å². The number of ether oxygens (including phenoxy) is 2. The van der Waals surface area contributed by atoms with Crippen LogP contribution < -0.4 is 10.1 Å². The Bertz CT molecular complexity index is 610. The maximum absolute atomic E-state index is 11.8. The number of carbonyl (C=O) groups excluding carboxylic acids is 1. The van der Waals surface area contributed by atoms with Gasteiger partial charge in [-0.3, -0.25) is 0 Å². The SMILES string of the molecule is CCOC(=O)c1ncsc1Nc1ccc(OC)cc1C. The highest BCUT2D eigenvalue weighted by Gasteiger charge is 2.16. The molecule has 0 atom stereocenters. The van der Waals surface area contributed by atoms with Gasteiger partial charge in [0.25, 0.3) is 0 Å². The van der Waals surface area contributed by atoms with Crippen molar-refractivity contribution in [3.05, 3.63) is 35.0 Å². The molecular formula is C14H16N2O3S. The van der Waals surface area contributed by atoms with Gasteiger partial charge < -0.3 is 14.8 Å². The Kier molecular flexibility index (Phi) is 4.57. The van der Waals surface area contributed by atoms with E-state index in [1.807, 2.05) is 25.1 Å². The molecule has 0 spiro atoms. The molecule has 6 heteroatoms. The number of aromatic nitrogens is 1. The number of aryl methyl sites for hydroxylation is 1. The van der Waals surface area contributed by atoms with Gasteiger partial charge in [0.15, 0.2) is 5.69 Å². The summed E-state index contributed by atoms with van der Waals surface area (Å²) in [4.78, 5) is 15.8. The number of hydrogen-bond acceptors (Lipinski definition) is 6. The molecule has 1 heterocycles. The van der Waals surface area contributed by atoms with Crippen molar-refractivity contribution in [3.8, 4) is 5.75 Å². The number of rotatable bonds is 5. The van der Waals surface area contributed by atoms with Crippen LogP contribution in [0.1, 0.15) is 23.0 Å². The van der Waals surface area contributed by atoms with E-state index in [9.17, 15) is 4.79 Å². The van der Waals surface area contributed by atoms with E-state index in [4.69, 9.17) is 9.47 Å². The molecule has 2 rings (SSSR count). The van der Waals surface area contributed by atoms with Crippen molar-refractivity contribution in [3.63, 3.8) is 0 Å². The summed E-state index contributed by atoms with van der Waals surface area (Å²) >= 11 is 1.36. The molecule has 5 nitrogen and oxygen atoms in total. The molecule has 0 fully saturated rings. The number of nitrogens with zero attached hydrogens (tertiary/aromatic N) is 1. The first-order valence-electron chi connectivity index (χ1n) is 6.18. The summed E-state index contributed by atoms with van der Waals surface area (Å²) in [6, 6.07) is 5.69. The van der Waals surface area contributed by atoms with Crippen molar-refractivity contribution >= 4 is 28.0 Å². The van der Waals surface area contributed by atoms with Crippen LogP contribution in [0.5, 0.6) is 5.75 Å². The molecule has 1 N–H and O–H groups in total. The van der Waals surface area contributed by atoms with Gasteiger partial charge in [-0.25, -0.2) is 9.78 Å². The Morgan fingerprint density at radius 2 is 2.25 bits per heavy atom. The molecule has 0 aliphatic carbocycles. The lowest BCUT2D eigenvalue weighted by Gasteiger charge is -2.10. The lowest BCUT2D eigenvalue weighted by molar-refractivity contribution is 0.0521. The van der Waals surface area contributed by atoms with Gasteiger partial charge in [0.1, 0.15) is 10.8 Å². The summed E-state index contributed by atoms with van der Waals surface area (Å²) in [7, 11) is 1.63. The fourth-order valence-electron chi connectivity index (χ4n) is 1.71. The Balaban J connectivity index is 2.22. The minimum absolute atomic E-state index is 0.312. The van der Waals surface area contributed by atoms with E-state index in [0.717, 1.165) is 17.0 Å². The molecular weight excluding hydrogens is 276 g/mol. The average molecular weight is 292 g/mol. The number of carbonyl (C=O) groups is 1. The van der Waals surface area contributed by atoms with Crippen LogP contribution in [0.4, 0.5) is 10.7 Å². The monoisotopic (exact) mass is 292 g/mol. The van der Waals surface area contributed by atoms with Crippen LogP contribution in [-0.4, -0.2) is 24.7 Å². The fraction of sp³-hybridized carbons (Fsp3) is 0.286. The fourth-order valence-corrected chi connectivity index (χ4v) is 2.39. The number of methoxy groups -OCH3 is 1. The lowest BCUT2D eigenvalue weighted by atomic mass is 10.2. The predicted octanol–water partition coefficient (Wildman–Crippen LogP) is 3.38. The zero-order valence-corrected chi connectivity index (χ0v) is 12.4. The van der Waals surface area contributed by atoms with E-state index < -0.39 is 5.97 Å². The van der Waals surface area contributed by atoms with Gasteiger partial charge in [-0.2, -0.15) is 0 Å². The molecule has 0 aliphatic heterocycles. The first-order valence-corrected chi connectivity index (χ1v) is 7.06. The van der Waals surface area contributed by atoms with Gasteiger partial charge in [-0.15, -0.1) is 11.3 Å². The first kappa shape index (κ1) is 14.3. The molecule has 106 valence electrons. The second-order valence-electron chi connectivity index (χ2n) is 4.06. The Morgan fingerprint density at radius 1 is 1.45 bits per heavy atom. The Hall–Kier alpha value is -2.08. The maximum atomic E-state index is 11.8. The van der Waals surface area contributed by atoms with E-state index in [1.165, 1.54) is 11.3 Å². The van der Waals surface area contributed by atoms with Gasteiger partial charge in [0.2, 0.25) is 0 Å². The largest absolute Gasteiger partial charge is 0.497 e. The van der Waals surface area contributed by atoms with E-state index in [2.05, 4.69) is 10.3 Å². The molecule has 20 heavy (non-hydrogen) atoms. The van der Waals surface area contributed by atoms with Gasteiger partial charge in [-0.05, 0) is 37.6 Å². The van der Waals surface area contributed by atoms with Crippen molar-refractivity contribution < 1.29 is 14.3 Å². The number of thiazole rings is 1. The smallest absolute Gasteiger partial charge is 0.360 e. The van der Waals surface area contributed by atoms with Crippen LogP contribution >= 0.6 is 11.3 Å². The molecule has 0 aliphatic rings. The Labute approximate surface area is 121 Å². The topological polar surface area (TPSA) is 60.5 Å². The molecule has 0 saturated carbocycles. The summed E-state index contributed by atoms with van der Waals surface area (Å²) in [5, 5.41) is 3.89. The summed E-state index contributed by atoms with van der Waals surface area (Å²) in [5.74, 6) is 0.380. The average Bonchev–Trinajstić information content (AvgIpc) is 2.89. The van der Waals surface area contributed by atoms with Gasteiger partial charge >= 0.3 is 5.97 Å². The second-order valence-corrected chi connectivity index (χ2v) is 4.91. The van der Waals surface area contributed by atoms with Crippen LogP contribution in [0.25, 0.3) is 0 Å². The number of esters is 1. The summed E-state index contributed by atoms with van der Waals surface area (Å²) in [6.45, 7) is 4.07. The number of hydrogen-bond donors (Lipinski definition) is 1. The second kappa shape index (κ2) is 6.38. The predicted molar refractivity (Wildman–Crippen MR) is 79.1 cm³/mol. The van der Waals surface area contributed by atoms with Crippen LogP contribution in [0.2, 0.25) is 0 Å². The van der Waals surface area contributed by atoms with Crippen molar-refractivity contribution in [2.45, 2.75) is 13.8 Å².